The van der Waals surface area contributed by atoms with Crippen LogP contribution in [-0.2, 0) is 0 Å². The fraction of sp³-hybridized carbons (Fsp3) is 0.444. The Labute approximate surface area is 154 Å². The van der Waals surface area contributed by atoms with Gasteiger partial charge in [-0.15, -0.1) is 0 Å². The van der Waals surface area contributed by atoms with Crippen molar-refractivity contribution in [1.82, 2.24) is 15.2 Å². The van der Waals surface area contributed by atoms with Gasteiger partial charge in [-0.25, -0.2) is 4.98 Å². The molecule has 1 unspecified atom stereocenters. The molecule has 146 valence electrons. The van der Waals surface area contributed by atoms with Gasteiger partial charge in [-0.3, -0.25) is 9.69 Å². The minimum Gasteiger partial charge on any atom is -0.497 e. The van der Waals surface area contributed by atoms with E-state index in [2.05, 4.69) is 10.3 Å². The number of hydrogen-bond acceptors (Lipinski definition) is 5. The third-order valence-electron chi connectivity index (χ3n) is 4.46. The van der Waals surface area contributed by atoms with E-state index in [4.69, 9.17) is 9.15 Å². The molecule has 1 atom stereocenters. The minimum atomic E-state index is -4.20. The minimum absolute atomic E-state index is 0.0207. The van der Waals surface area contributed by atoms with E-state index in [1.165, 1.54) is 11.3 Å². The van der Waals surface area contributed by atoms with E-state index in [1.54, 1.807) is 31.4 Å². The highest BCUT2D eigenvalue weighted by atomic mass is 19.4. The normalized spacial score (nSPS) is 17.9. The molecular weight excluding hydrogens is 363 g/mol. The molecule has 1 amide bonds. The zero-order chi connectivity index (χ0) is 19.4. The Morgan fingerprint density at radius 2 is 2.11 bits per heavy atom. The maximum atomic E-state index is 12.4. The number of methoxy groups -OCH3 is 1. The first-order valence-corrected chi connectivity index (χ1v) is 8.51. The standard InChI is InChI=1S/C18H20F3N3O3/c1-26-14-4-2-13(3-5-14)16-15(23-11-27-16)17(25)22-8-12-6-7-24(9-12)10-18(19,20)21/h2-5,11-12H,6-10H2,1H3,(H,22,25). The third-order valence-corrected chi connectivity index (χ3v) is 4.46. The molecule has 0 saturated carbocycles. The molecular formula is C18H20F3N3O3. The van der Waals surface area contributed by atoms with Crippen LogP contribution in [0.25, 0.3) is 11.3 Å². The second-order valence-corrected chi connectivity index (χ2v) is 6.47. The van der Waals surface area contributed by atoms with Gasteiger partial charge in [0.2, 0.25) is 0 Å². The number of nitrogens with zero attached hydrogens (tertiary/aromatic N) is 2. The van der Waals surface area contributed by atoms with E-state index in [0.29, 0.717) is 43.1 Å². The van der Waals surface area contributed by atoms with Crippen molar-refractivity contribution in [2.45, 2.75) is 12.6 Å². The largest absolute Gasteiger partial charge is 0.497 e. The van der Waals surface area contributed by atoms with Crippen LogP contribution in [-0.4, -0.2) is 55.3 Å². The molecule has 0 aliphatic carbocycles. The maximum Gasteiger partial charge on any atom is 0.401 e. The molecule has 1 fully saturated rings. The molecule has 0 spiro atoms. The fourth-order valence-corrected chi connectivity index (χ4v) is 3.15. The number of nitrogens with one attached hydrogen (secondary N) is 1. The number of halogens is 3. The van der Waals surface area contributed by atoms with Crippen LogP contribution in [0.15, 0.2) is 35.1 Å². The van der Waals surface area contributed by atoms with Crippen molar-refractivity contribution in [3.05, 3.63) is 36.4 Å². The number of alkyl halides is 3. The third kappa shape index (κ3) is 5.00. The van der Waals surface area contributed by atoms with Crippen LogP contribution in [0, 0.1) is 5.92 Å². The average molecular weight is 383 g/mol. The van der Waals surface area contributed by atoms with Gasteiger partial charge < -0.3 is 14.5 Å². The molecule has 2 heterocycles. The van der Waals surface area contributed by atoms with Crippen LogP contribution < -0.4 is 10.1 Å². The van der Waals surface area contributed by atoms with Gasteiger partial charge in [0.15, 0.2) is 17.8 Å². The van der Waals surface area contributed by atoms with Crippen LogP contribution in [0.4, 0.5) is 13.2 Å². The highest BCUT2D eigenvalue weighted by Gasteiger charge is 2.34. The second kappa shape index (κ2) is 7.99. The second-order valence-electron chi connectivity index (χ2n) is 6.47. The number of likely N-dealkylation sites (tertiary alicyclic amines) is 1. The average Bonchev–Trinajstić information content (AvgIpc) is 3.28. The van der Waals surface area contributed by atoms with Crippen molar-refractivity contribution < 1.29 is 27.1 Å². The Bertz CT molecular complexity index is 774. The molecule has 0 radical (unpaired) electrons. The lowest BCUT2D eigenvalue weighted by Gasteiger charge is -2.17. The molecule has 1 aliphatic rings. The van der Waals surface area contributed by atoms with Gasteiger partial charge in [-0.05, 0) is 43.1 Å². The Morgan fingerprint density at radius 1 is 1.37 bits per heavy atom. The summed E-state index contributed by atoms with van der Waals surface area (Å²) >= 11 is 0. The Hall–Kier alpha value is -2.55. The Kier molecular flexibility index (Phi) is 5.69. The summed E-state index contributed by atoms with van der Waals surface area (Å²) in [5.74, 6) is 0.575. The summed E-state index contributed by atoms with van der Waals surface area (Å²) in [6, 6.07) is 6.99. The summed E-state index contributed by atoms with van der Waals surface area (Å²) in [4.78, 5) is 17.8. The van der Waals surface area contributed by atoms with Crippen molar-refractivity contribution in [3.8, 4) is 17.1 Å². The van der Waals surface area contributed by atoms with Crippen molar-refractivity contribution in [1.29, 1.82) is 0 Å². The summed E-state index contributed by atoms with van der Waals surface area (Å²) in [6.07, 6.45) is -2.40. The summed E-state index contributed by atoms with van der Waals surface area (Å²) in [6.45, 7) is 0.0650. The van der Waals surface area contributed by atoms with Crippen molar-refractivity contribution in [3.63, 3.8) is 0 Å². The number of ether oxygens (including phenoxy) is 1. The maximum absolute atomic E-state index is 12.4. The van der Waals surface area contributed by atoms with Crippen LogP contribution in [0.1, 0.15) is 16.9 Å². The predicted molar refractivity (Wildman–Crippen MR) is 91.4 cm³/mol. The first-order chi connectivity index (χ1) is 12.9. The molecule has 1 saturated heterocycles. The van der Waals surface area contributed by atoms with E-state index >= 15 is 0 Å². The predicted octanol–water partition coefficient (Wildman–Crippen LogP) is 2.96. The number of aromatic nitrogens is 1. The Morgan fingerprint density at radius 3 is 2.78 bits per heavy atom. The van der Waals surface area contributed by atoms with Gasteiger partial charge in [0.1, 0.15) is 5.75 Å². The number of hydrogen-bond donors (Lipinski definition) is 1. The monoisotopic (exact) mass is 383 g/mol. The molecule has 1 aliphatic heterocycles. The molecule has 6 nitrogen and oxygen atoms in total. The fourth-order valence-electron chi connectivity index (χ4n) is 3.15. The quantitative estimate of drug-likeness (QED) is 0.831. The number of carbonyl (C=O) groups is 1. The first-order valence-electron chi connectivity index (χ1n) is 8.51. The van der Waals surface area contributed by atoms with Crippen LogP contribution in [0.2, 0.25) is 0 Å². The van der Waals surface area contributed by atoms with E-state index in [-0.39, 0.29) is 11.6 Å². The zero-order valence-electron chi connectivity index (χ0n) is 14.8. The Balaban J connectivity index is 1.57. The molecule has 3 rings (SSSR count). The van der Waals surface area contributed by atoms with Crippen molar-refractivity contribution in [2.24, 2.45) is 5.92 Å². The topological polar surface area (TPSA) is 67.6 Å². The first kappa shape index (κ1) is 19.2. The lowest BCUT2D eigenvalue weighted by atomic mass is 10.1. The summed E-state index contributed by atoms with van der Waals surface area (Å²) in [5, 5.41) is 2.75. The number of amides is 1. The van der Waals surface area contributed by atoms with Crippen LogP contribution in [0.5, 0.6) is 5.75 Å². The number of oxazole rings is 1. The molecule has 27 heavy (non-hydrogen) atoms. The van der Waals surface area contributed by atoms with Gasteiger partial charge in [0, 0.05) is 18.7 Å². The zero-order valence-corrected chi connectivity index (χ0v) is 14.8. The van der Waals surface area contributed by atoms with E-state index < -0.39 is 18.6 Å². The highest BCUT2D eigenvalue weighted by molar-refractivity contribution is 5.97. The van der Waals surface area contributed by atoms with Gasteiger partial charge >= 0.3 is 6.18 Å². The van der Waals surface area contributed by atoms with E-state index in [9.17, 15) is 18.0 Å². The number of carbonyl (C=O) groups excluding carboxylic acids is 1. The lowest BCUT2D eigenvalue weighted by molar-refractivity contribution is -0.143. The van der Waals surface area contributed by atoms with Crippen molar-refractivity contribution >= 4 is 5.91 Å². The molecule has 1 N–H and O–H groups in total. The summed E-state index contributed by atoms with van der Waals surface area (Å²) in [5.41, 5.74) is 0.820. The molecule has 0 bridgehead atoms. The molecule has 1 aromatic carbocycles. The highest BCUT2D eigenvalue weighted by Crippen LogP contribution is 2.26. The van der Waals surface area contributed by atoms with Crippen LogP contribution in [0.3, 0.4) is 0 Å². The van der Waals surface area contributed by atoms with Gasteiger partial charge in [0.25, 0.3) is 5.91 Å². The number of benzene rings is 1. The van der Waals surface area contributed by atoms with Gasteiger partial charge in [-0.2, -0.15) is 13.2 Å². The lowest BCUT2D eigenvalue weighted by Crippen LogP contribution is -2.34. The summed E-state index contributed by atoms with van der Waals surface area (Å²) in [7, 11) is 1.56. The van der Waals surface area contributed by atoms with E-state index in [1.807, 2.05) is 0 Å². The van der Waals surface area contributed by atoms with Gasteiger partial charge in [0.05, 0.1) is 13.7 Å². The number of rotatable bonds is 6. The summed E-state index contributed by atoms with van der Waals surface area (Å²) < 4.78 is 47.8. The molecule has 1 aromatic heterocycles. The SMILES string of the molecule is COc1ccc(-c2ocnc2C(=O)NCC2CCN(CC(F)(F)F)C2)cc1. The van der Waals surface area contributed by atoms with Crippen molar-refractivity contribution in [2.75, 3.05) is 33.3 Å². The molecule has 9 heteroatoms. The smallest absolute Gasteiger partial charge is 0.401 e. The van der Waals surface area contributed by atoms with E-state index in [0.717, 1.165) is 0 Å². The van der Waals surface area contributed by atoms with Gasteiger partial charge in [-0.1, -0.05) is 0 Å². The molecule has 2 aromatic rings. The van der Waals surface area contributed by atoms with Crippen LogP contribution >= 0.6 is 0 Å².